The molecule has 0 unspecified atom stereocenters. The molecule has 2 saturated heterocycles. The van der Waals surface area contributed by atoms with Crippen molar-refractivity contribution in [3.8, 4) is 0 Å². The Bertz CT molecular complexity index is 458. The van der Waals surface area contributed by atoms with Gasteiger partial charge in [-0.25, -0.2) is 14.4 Å². The lowest BCUT2D eigenvalue weighted by Crippen LogP contribution is -2.62. The molecule has 0 spiro atoms. The van der Waals surface area contributed by atoms with Gasteiger partial charge in [0.15, 0.2) is 6.04 Å². The molecule has 0 bridgehead atoms. The molecular weight excluding hydrogens is 266 g/mol. The monoisotopic (exact) mass is 285 g/mol. The van der Waals surface area contributed by atoms with E-state index in [2.05, 4.69) is 0 Å². The number of urea groups is 1. The number of amides is 3. The van der Waals surface area contributed by atoms with Crippen LogP contribution in [0.15, 0.2) is 0 Å². The molecule has 0 aromatic heterocycles. The van der Waals surface area contributed by atoms with E-state index in [-0.39, 0.29) is 25.7 Å². The van der Waals surface area contributed by atoms with Gasteiger partial charge in [-0.3, -0.25) is 4.90 Å². The number of nitrogens with zero attached hydrogens (tertiary/aromatic N) is 3. The first-order chi connectivity index (χ1) is 9.14. The summed E-state index contributed by atoms with van der Waals surface area (Å²) < 4.78 is 0. The maximum atomic E-state index is 12.3. The van der Waals surface area contributed by atoms with Crippen LogP contribution in [0.4, 0.5) is 9.59 Å². The van der Waals surface area contributed by atoms with Gasteiger partial charge in [-0.15, -0.1) is 0 Å². The van der Waals surface area contributed by atoms with Crippen LogP contribution < -0.4 is 0 Å². The maximum Gasteiger partial charge on any atom is 0.408 e. The van der Waals surface area contributed by atoms with Crippen LogP contribution in [0.25, 0.3) is 0 Å². The van der Waals surface area contributed by atoms with Crippen LogP contribution in [0, 0.1) is 0 Å². The van der Waals surface area contributed by atoms with Crippen molar-refractivity contribution in [2.45, 2.75) is 38.4 Å². The summed E-state index contributed by atoms with van der Waals surface area (Å²) in [5.74, 6) is -1.22. The summed E-state index contributed by atoms with van der Waals surface area (Å²) in [6.45, 7) is 6.08. The van der Waals surface area contributed by atoms with E-state index in [1.165, 1.54) is 4.90 Å². The second-order valence-corrected chi connectivity index (χ2v) is 6.08. The molecule has 0 saturated carbocycles. The first kappa shape index (κ1) is 14.4. The lowest BCUT2D eigenvalue weighted by Gasteiger charge is -2.39. The van der Waals surface area contributed by atoms with E-state index >= 15 is 0 Å². The number of hydrogen-bond donors (Lipinski definition) is 2. The molecule has 2 heterocycles. The Kier molecular flexibility index (Phi) is 3.27. The second kappa shape index (κ2) is 4.53. The molecule has 0 radical (unpaired) electrons. The summed E-state index contributed by atoms with van der Waals surface area (Å²) in [5.41, 5.74) is -0.425. The van der Waals surface area contributed by atoms with Crippen LogP contribution in [0.5, 0.6) is 0 Å². The number of aliphatic carboxylic acids is 1. The largest absolute Gasteiger partial charge is 0.480 e. The van der Waals surface area contributed by atoms with Gasteiger partial charge in [-0.2, -0.15) is 0 Å². The number of carbonyl (C=O) groups excluding carboxylic acids is 1. The van der Waals surface area contributed by atoms with Gasteiger partial charge in [-0.05, 0) is 20.8 Å². The summed E-state index contributed by atoms with van der Waals surface area (Å²) in [7, 11) is 0. The van der Waals surface area contributed by atoms with Gasteiger partial charge in [0.25, 0.3) is 0 Å². The standard InChI is InChI=1S/C12H19N3O5/c1-12(2,3)15-6-7-8(9(16)17)14(11(19)20)5-4-13(7)10(15)18/h7-8H,4-6H2,1-3H3,(H,16,17)(H,19,20)/t7-,8-/m1/s1. The second-order valence-electron chi connectivity index (χ2n) is 6.08. The zero-order valence-corrected chi connectivity index (χ0v) is 11.7. The molecule has 2 aliphatic rings. The Morgan fingerprint density at radius 1 is 1.20 bits per heavy atom. The summed E-state index contributed by atoms with van der Waals surface area (Å²) in [6, 6.07) is -2.07. The highest BCUT2D eigenvalue weighted by Crippen LogP contribution is 2.30. The predicted octanol–water partition coefficient (Wildman–Crippen LogP) is 0.338. The average molecular weight is 285 g/mol. The fourth-order valence-corrected chi connectivity index (χ4v) is 2.83. The lowest BCUT2D eigenvalue weighted by atomic mass is 10.0. The van der Waals surface area contributed by atoms with Crippen molar-refractivity contribution in [3.63, 3.8) is 0 Å². The number of rotatable bonds is 1. The van der Waals surface area contributed by atoms with E-state index < -0.39 is 29.7 Å². The van der Waals surface area contributed by atoms with Crippen molar-refractivity contribution in [1.29, 1.82) is 0 Å². The van der Waals surface area contributed by atoms with Crippen molar-refractivity contribution in [2.24, 2.45) is 0 Å². The number of carboxylic acid groups (broad SMARTS) is 2. The van der Waals surface area contributed by atoms with Gasteiger partial charge in [0.1, 0.15) is 0 Å². The predicted molar refractivity (Wildman–Crippen MR) is 68.5 cm³/mol. The highest BCUT2D eigenvalue weighted by atomic mass is 16.4. The van der Waals surface area contributed by atoms with Gasteiger partial charge in [0, 0.05) is 25.2 Å². The average Bonchev–Trinajstić information content (AvgIpc) is 2.65. The number of fused-ring (bicyclic) bond motifs is 1. The lowest BCUT2D eigenvalue weighted by molar-refractivity contribution is -0.146. The quantitative estimate of drug-likeness (QED) is 0.723. The molecule has 8 heteroatoms. The Balaban J connectivity index is 2.32. The number of carbonyl (C=O) groups is 3. The minimum Gasteiger partial charge on any atom is -0.480 e. The summed E-state index contributed by atoms with van der Waals surface area (Å²) in [5, 5.41) is 18.4. The Labute approximate surface area is 116 Å². The summed E-state index contributed by atoms with van der Waals surface area (Å²) in [4.78, 5) is 38.9. The van der Waals surface area contributed by atoms with Gasteiger partial charge in [-0.1, -0.05) is 0 Å². The molecule has 0 aromatic carbocycles. The number of carboxylic acids is 1. The van der Waals surface area contributed by atoms with E-state index in [9.17, 15) is 19.5 Å². The molecule has 2 N–H and O–H groups in total. The van der Waals surface area contributed by atoms with E-state index in [0.29, 0.717) is 0 Å². The van der Waals surface area contributed by atoms with E-state index in [1.807, 2.05) is 20.8 Å². The third-order valence-corrected chi connectivity index (χ3v) is 3.84. The minimum atomic E-state index is -1.27. The maximum absolute atomic E-state index is 12.3. The van der Waals surface area contributed by atoms with Crippen LogP contribution in [0.1, 0.15) is 20.8 Å². The molecule has 2 aliphatic heterocycles. The van der Waals surface area contributed by atoms with Crippen molar-refractivity contribution in [2.75, 3.05) is 19.6 Å². The van der Waals surface area contributed by atoms with Crippen molar-refractivity contribution < 1.29 is 24.6 Å². The fourth-order valence-electron chi connectivity index (χ4n) is 2.83. The fraction of sp³-hybridized carbons (Fsp3) is 0.750. The first-order valence-corrected chi connectivity index (χ1v) is 6.45. The van der Waals surface area contributed by atoms with E-state index in [0.717, 1.165) is 4.90 Å². The summed E-state index contributed by atoms with van der Waals surface area (Å²) in [6.07, 6.45) is -1.27. The summed E-state index contributed by atoms with van der Waals surface area (Å²) >= 11 is 0. The van der Waals surface area contributed by atoms with E-state index in [4.69, 9.17) is 5.11 Å². The SMILES string of the molecule is CC(C)(C)N1C[C@@H]2[C@H](C(=O)O)N(C(=O)O)CCN2C1=O. The molecule has 2 atom stereocenters. The highest BCUT2D eigenvalue weighted by molar-refractivity contribution is 5.85. The van der Waals surface area contributed by atoms with Crippen molar-refractivity contribution in [3.05, 3.63) is 0 Å². The van der Waals surface area contributed by atoms with Gasteiger partial charge in [0.2, 0.25) is 0 Å². The smallest absolute Gasteiger partial charge is 0.408 e. The topological polar surface area (TPSA) is 101 Å². The normalized spacial score (nSPS) is 26.8. The minimum absolute atomic E-state index is 0.0204. The third-order valence-electron chi connectivity index (χ3n) is 3.84. The molecule has 0 aliphatic carbocycles. The molecule has 3 amide bonds. The van der Waals surface area contributed by atoms with Crippen LogP contribution in [0.3, 0.4) is 0 Å². The van der Waals surface area contributed by atoms with Gasteiger partial charge < -0.3 is 20.0 Å². The molecular formula is C12H19N3O5. The molecule has 8 nitrogen and oxygen atoms in total. The first-order valence-electron chi connectivity index (χ1n) is 6.45. The van der Waals surface area contributed by atoms with Crippen molar-refractivity contribution in [1.82, 2.24) is 14.7 Å². The van der Waals surface area contributed by atoms with Crippen molar-refractivity contribution >= 4 is 18.1 Å². The highest BCUT2D eigenvalue weighted by Gasteiger charge is 2.52. The van der Waals surface area contributed by atoms with Crippen LogP contribution >= 0.6 is 0 Å². The Morgan fingerprint density at radius 3 is 2.25 bits per heavy atom. The molecule has 0 aromatic rings. The molecule has 2 rings (SSSR count). The number of piperazine rings is 1. The van der Waals surface area contributed by atoms with E-state index in [1.54, 1.807) is 4.90 Å². The zero-order valence-electron chi connectivity index (χ0n) is 11.7. The number of hydrogen-bond acceptors (Lipinski definition) is 3. The molecule has 20 heavy (non-hydrogen) atoms. The Hall–Kier alpha value is -1.99. The van der Waals surface area contributed by atoms with Gasteiger partial charge in [0.05, 0.1) is 6.04 Å². The third kappa shape index (κ3) is 2.14. The zero-order chi connectivity index (χ0) is 15.2. The van der Waals surface area contributed by atoms with Crippen LogP contribution in [-0.4, -0.2) is 80.3 Å². The van der Waals surface area contributed by atoms with Crippen LogP contribution in [0.2, 0.25) is 0 Å². The van der Waals surface area contributed by atoms with Crippen LogP contribution in [-0.2, 0) is 4.79 Å². The molecule has 2 fully saturated rings. The molecule has 112 valence electrons. The Morgan fingerprint density at radius 2 is 1.80 bits per heavy atom. The van der Waals surface area contributed by atoms with Gasteiger partial charge >= 0.3 is 18.1 Å².